The molecule has 0 aliphatic carbocycles. The molecule has 1 aliphatic rings. The number of fused-ring (bicyclic) bond motifs is 1. The summed E-state index contributed by atoms with van der Waals surface area (Å²) in [7, 11) is 4.84. The molecule has 3 atom stereocenters. The Labute approximate surface area is 212 Å². The number of methoxy groups -OCH3 is 2. The molecule has 0 saturated carbocycles. The Hall–Kier alpha value is -3.59. The van der Waals surface area contributed by atoms with Crippen molar-refractivity contribution in [3.05, 3.63) is 53.6 Å². The summed E-state index contributed by atoms with van der Waals surface area (Å²) in [6.07, 6.45) is -0.271. The number of hydrogen-bond acceptors (Lipinski definition) is 6. The molecule has 3 amide bonds. The predicted octanol–water partition coefficient (Wildman–Crippen LogP) is 3.30. The maximum absolute atomic E-state index is 13.5. The molecule has 0 unspecified atom stereocenters. The first-order valence-electron chi connectivity index (χ1n) is 11.9. The highest BCUT2D eigenvalue weighted by Crippen LogP contribution is 2.27. The molecule has 1 heterocycles. The molecular formula is C27H35N3O6. The summed E-state index contributed by atoms with van der Waals surface area (Å²) < 4.78 is 16.9. The van der Waals surface area contributed by atoms with Crippen molar-refractivity contribution in [1.82, 2.24) is 9.80 Å². The molecule has 2 aromatic carbocycles. The van der Waals surface area contributed by atoms with E-state index in [-0.39, 0.29) is 42.4 Å². The summed E-state index contributed by atoms with van der Waals surface area (Å²) in [5, 5.41) is 2.84. The van der Waals surface area contributed by atoms with E-state index in [9.17, 15) is 14.4 Å². The van der Waals surface area contributed by atoms with Crippen molar-refractivity contribution < 1.29 is 28.6 Å². The molecule has 0 spiro atoms. The topological polar surface area (TPSA) is 97.4 Å². The minimum absolute atomic E-state index is 0.0102. The summed E-state index contributed by atoms with van der Waals surface area (Å²) in [6, 6.07) is 11.6. The highest BCUT2D eigenvalue weighted by atomic mass is 16.5. The van der Waals surface area contributed by atoms with Gasteiger partial charge in [-0.3, -0.25) is 14.4 Å². The Kier molecular flexibility index (Phi) is 8.93. The highest BCUT2D eigenvalue weighted by molar-refractivity contribution is 6.05. The van der Waals surface area contributed by atoms with E-state index in [1.165, 1.54) is 14.0 Å². The van der Waals surface area contributed by atoms with E-state index >= 15 is 0 Å². The van der Waals surface area contributed by atoms with E-state index in [2.05, 4.69) is 5.32 Å². The molecule has 2 aromatic rings. The number of nitrogens with one attached hydrogen (secondary N) is 1. The van der Waals surface area contributed by atoms with Crippen LogP contribution in [0.2, 0.25) is 0 Å². The molecule has 36 heavy (non-hydrogen) atoms. The van der Waals surface area contributed by atoms with Gasteiger partial charge in [0, 0.05) is 51.3 Å². The van der Waals surface area contributed by atoms with Crippen LogP contribution in [0.1, 0.15) is 41.5 Å². The minimum atomic E-state index is -0.331. The van der Waals surface area contributed by atoms with Crippen LogP contribution in [0.3, 0.4) is 0 Å². The molecule has 3 rings (SSSR count). The Balaban J connectivity index is 1.93. The van der Waals surface area contributed by atoms with Crippen LogP contribution < -0.4 is 14.8 Å². The van der Waals surface area contributed by atoms with Crippen molar-refractivity contribution in [3.63, 3.8) is 0 Å². The third-order valence-corrected chi connectivity index (χ3v) is 6.44. The molecule has 1 aliphatic heterocycles. The number of hydrogen-bond donors (Lipinski definition) is 1. The van der Waals surface area contributed by atoms with E-state index < -0.39 is 0 Å². The largest absolute Gasteiger partial charge is 0.497 e. The standard InChI is InChI=1S/C27H35N3O6/c1-17-14-30(19(3)31)18(2)16-36-24-11-10-21(13-23(24)27(33)29(4)15-25(17)35-6)28-26(32)20-8-7-9-22(12-20)34-5/h7-13,17-18,25H,14-16H2,1-6H3,(H,28,32)/t17-,18+,25+/m0/s1. The summed E-state index contributed by atoms with van der Waals surface area (Å²) in [5.74, 6) is 0.301. The second-order valence-corrected chi connectivity index (χ2v) is 9.17. The van der Waals surface area contributed by atoms with Gasteiger partial charge >= 0.3 is 0 Å². The van der Waals surface area contributed by atoms with Crippen molar-refractivity contribution in [2.24, 2.45) is 5.92 Å². The Morgan fingerprint density at radius 2 is 1.83 bits per heavy atom. The van der Waals surface area contributed by atoms with Gasteiger partial charge in [-0.25, -0.2) is 0 Å². The monoisotopic (exact) mass is 497 g/mol. The molecular weight excluding hydrogens is 462 g/mol. The SMILES string of the molecule is COc1cccc(C(=O)Nc2ccc3c(c2)C(=O)N(C)C[C@@H](OC)[C@@H](C)CN(C(C)=O)[C@H](C)CO3)c1. The van der Waals surface area contributed by atoms with Gasteiger partial charge in [-0.15, -0.1) is 0 Å². The zero-order chi connectivity index (χ0) is 26.4. The number of ether oxygens (including phenoxy) is 3. The van der Waals surface area contributed by atoms with Crippen LogP contribution in [0.25, 0.3) is 0 Å². The molecule has 1 N–H and O–H groups in total. The maximum atomic E-state index is 13.5. The second-order valence-electron chi connectivity index (χ2n) is 9.17. The first kappa shape index (κ1) is 27.0. The molecule has 0 fully saturated rings. The number of carbonyl (C=O) groups excluding carboxylic acids is 3. The highest BCUT2D eigenvalue weighted by Gasteiger charge is 2.29. The van der Waals surface area contributed by atoms with Crippen LogP contribution in [0.4, 0.5) is 5.69 Å². The van der Waals surface area contributed by atoms with Gasteiger partial charge in [-0.05, 0) is 43.3 Å². The van der Waals surface area contributed by atoms with E-state index in [1.54, 1.807) is 66.4 Å². The summed E-state index contributed by atoms with van der Waals surface area (Å²) in [6.45, 7) is 6.49. The lowest BCUT2D eigenvalue weighted by atomic mass is 10.0. The van der Waals surface area contributed by atoms with Crippen molar-refractivity contribution >= 4 is 23.4 Å². The van der Waals surface area contributed by atoms with Crippen molar-refractivity contribution in [2.45, 2.75) is 32.9 Å². The smallest absolute Gasteiger partial charge is 0.257 e. The molecule has 0 saturated heterocycles. The van der Waals surface area contributed by atoms with Gasteiger partial charge < -0.3 is 29.3 Å². The quantitative estimate of drug-likeness (QED) is 0.696. The molecule has 0 aromatic heterocycles. The van der Waals surface area contributed by atoms with Crippen LogP contribution in [0.5, 0.6) is 11.5 Å². The van der Waals surface area contributed by atoms with E-state index in [0.29, 0.717) is 41.4 Å². The predicted molar refractivity (Wildman–Crippen MR) is 137 cm³/mol. The van der Waals surface area contributed by atoms with Crippen LogP contribution >= 0.6 is 0 Å². The fraction of sp³-hybridized carbons (Fsp3) is 0.444. The summed E-state index contributed by atoms with van der Waals surface area (Å²) >= 11 is 0. The van der Waals surface area contributed by atoms with Crippen LogP contribution in [0, 0.1) is 5.92 Å². The number of amides is 3. The Bertz CT molecular complexity index is 1100. The third kappa shape index (κ3) is 6.34. The van der Waals surface area contributed by atoms with Crippen molar-refractivity contribution in [1.29, 1.82) is 0 Å². The van der Waals surface area contributed by atoms with E-state index in [4.69, 9.17) is 14.2 Å². The lowest BCUT2D eigenvalue weighted by Gasteiger charge is -2.35. The van der Waals surface area contributed by atoms with Crippen LogP contribution in [0.15, 0.2) is 42.5 Å². The first-order valence-corrected chi connectivity index (χ1v) is 11.9. The first-order chi connectivity index (χ1) is 17.1. The number of rotatable bonds is 4. The minimum Gasteiger partial charge on any atom is -0.497 e. The van der Waals surface area contributed by atoms with Gasteiger partial charge in [0.15, 0.2) is 0 Å². The average molecular weight is 498 g/mol. The van der Waals surface area contributed by atoms with Crippen molar-refractivity contribution in [2.75, 3.05) is 46.3 Å². The fourth-order valence-corrected chi connectivity index (χ4v) is 4.26. The van der Waals surface area contributed by atoms with Gasteiger partial charge in [0.1, 0.15) is 18.1 Å². The number of nitrogens with zero attached hydrogens (tertiary/aromatic N) is 2. The Morgan fingerprint density at radius 3 is 2.50 bits per heavy atom. The van der Waals surface area contributed by atoms with E-state index in [1.807, 2.05) is 13.8 Å². The normalized spacial score (nSPS) is 20.9. The number of carbonyl (C=O) groups is 3. The maximum Gasteiger partial charge on any atom is 0.257 e. The van der Waals surface area contributed by atoms with Gasteiger partial charge in [-0.1, -0.05) is 13.0 Å². The van der Waals surface area contributed by atoms with Crippen LogP contribution in [-0.4, -0.2) is 80.6 Å². The zero-order valence-electron chi connectivity index (χ0n) is 21.7. The lowest BCUT2D eigenvalue weighted by molar-refractivity contribution is -0.133. The molecule has 194 valence electrons. The molecule has 0 bridgehead atoms. The van der Waals surface area contributed by atoms with Gasteiger partial charge in [-0.2, -0.15) is 0 Å². The zero-order valence-corrected chi connectivity index (χ0v) is 21.7. The van der Waals surface area contributed by atoms with E-state index in [0.717, 1.165) is 0 Å². The lowest BCUT2D eigenvalue weighted by Crippen LogP contribution is -2.48. The number of anilines is 1. The van der Waals surface area contributed by atoms with Gasteiger partial charge in [0.2, 0.25) is 5.91 Å². The fourth-order valence-electron chi connectivity index (χ4n) is 4.26. The molecule has 0 radical (unpaired) electrons. The number of benzene rings is 2. The van der Waals surface area contributed by atoms with Crippen molar-refractivity contribution in [3.8, 4) is 11.5 Å². The molecule has 9 heteroatoms. The Morgan fingerprint density at radius 1 is 1.08 bits per heavy atom. The van der Waals surface area contributed by atoms with Gasteiger partial charge in [0.25, 0.3) is 11.8 Å². The molecule has 9 nitrogen and oxygen atoms in total. The van der Waals surface area contributed by atoms with Gasteiger partial charge in [0.05, 0.1) is 24.8 Å². The number of likely N-dealkylation sites (N-methyl/N-ethyl adjacent to an activating group) is 1. The third-order valence-electron chi connectivity index (χ3n) is 6.44. The van der Waals surface area contributed by atoms with Crippen LogP contribution in [-0.2, 0) is 9.53 Å². The average Bonchev–Trinajstić information content (AvgIpc) is 2.87. The summed E-state index contributed by atoms with van der Waals surface area (Å²) in [4.78, 5) is 42.0. The second kappa shape index (κ2) is 11.9. The summed E-state index contributed by atoms with van der Waals surface area (Å²) in [5.41, 5.74) is 1.19.